The molecular formula is C15H30N2O. The minimum Gasteiger partial charge on any atom is -0.381 e. The minimum atomic E-state index is 0.605. The van der Waals surface area contributed by atoms with Crippen molar-refractivity contribution in [3.8, 4) is 0 Å². The molecule has 1 saturated carbocycles. The maximum absolute atomic E-state index is 6.04. The number of ether oxygens (including phenoxy) is 1. The van der Waals surface area contributed by atoms with Crippen molar-refractivity contribution < 1.29 is 4.74 Å². The SMILES string of the molecule is CN(CC1CCOCC1)C(CN)C1CCCCC1. The summed E-state index contributed by atoms with van der Waals surface area (Å²) in [5, 5.41) is 0. The monoisotopic (exact) mass is 254 g/mol. The first-order chi connectivity index (χ1) is 8.81. The smallest absolute Gasteiger partial charge is 0.0469 e. The molecule has 0 radical (unpaired) electrons. The molecule has 0 aromatic rings. The van der Waals surface area contributed by atoms with Gasteiger partial charge in [-0.1, -0.05) is 19.3 Å². The second-order valence-corrected chi connectivity index (χ2v) is 6.20. The summed E-state index contributed by atoms with van der Waals surface area (Å²) in [5.74, 6) is 1.66. The summed E-state index contributed by atoms with van der Waals surface area (Å²) in [4.78, 5) is 2.55. The number of nitrogens with zero attached hydrogens (tertiary/aromatic N) is 1. The summed E-state index contributed by atoms with van der Waals surface area (Å²) in [6.45, 7) is 3.94. The molecule has 0 spiro atoms. The maximum atomic E-state index is 6.04. The zero-order chi connectivity index (χ0) is 12.8. The van der Waals surface area contributed by atoms with Gasteiger partial charge in [0.25, 0.3) is 0 Å². The first-order valence-electron chi connectivity index (χ1n) is 7.79. The Morgan fingerprint density at radius 1 is 1.11 bits per heavy atom. The average Bonchev–Trinajstić information content (AvgIpc) is 2.42. The lowest BCUT2D eigenvalue weighted by Gasteiger charge is -2.38. The molecule has 3 heteroatoms. The minimum absolute atomic E-state index is 0.605. The summed E-state index contributed by atoms with van der Waals surface area (Å²) >= 11 is 0. The van der Waals surface area contributed by atoms with Crippen molar-refractivity contribution in [1.29, 1.82) is 0 Å². The van der Waals surface area contributed by atoms with Crippen molar-refractivity contribution in [2.24, 2.45) is 17.6 Å². The van der Waals surface area contributed by atoms with E-state index in [4.69, 9.17) is 10.5 Å². The molecule has 2 N–H and O–H groups in total. The first-order valence-corrected chi connectivity index (χ1v) is 7.79. The Kier molecular flexibility index (Phi) is 5.93. The van der Waals surface area contributed by atoms with Gasteiger partial charge in [-0.05, 0) is 44.6 Å². The van der Waals surface area contributed by atoms with Crippen LogP contribution in [0.4, 0.5) is 0 Å². The van der Waals surface area contributed by atoms with Gasteiger partial charge in [0.05, 0.1) is 0 Å². The lowest BCUT2D eigenvalue weighted by molar-refractivity contribution is 0.0434. The van der Waals surface area contributed by atoms with Crippen molar-refractivity contribution in [1.82, 2.24) is 4.90 Å². The second kappa shape index (κ2) is 7.46. The molecule has 1 aliphatic carbocycles. The molecule has 0 aromatic carbocycles. The first kappa shape index (κ1) is 14.3. The topological polar surface area (TPSA) is 38.5 Å². The average molecular weight is 254 g/mol. The molecule has 2 fully saturated rings. The van der Waals surface area contributed by atoms with Gasteiger partial charge in [0.1, 0.15) is 0 Å². The van der Waals surface area contributed by atoms with Crippen LogP contribution in [0.2, 0.25) is 0 Å². The molecule has 2 rings (SSSR count). The summed E-state index contributed by atoms with van der Waals surface area (Å²) in [5.41, 5.74) is 6.04. The molecule has 106 valence electrons. The maximum Gasteiger partial charge on any atom is 0.0469 e. The van der Waals surface area contributed by atoms with E-state index in [-0.39, 0.29) is 0 Å². The Hall–Kier alpha value is -0.120. The lowest BCUT2D eigenvalue weighted by Crippen LogP contribution is -2.46. The second-order valence-electron chi connectivity index (χ2n) is 6.20. The van der Waals surface area contributed by atoms with Crippen LogP contribution in [0, 0.1) is 11.8 Å². The van der Waals surface area contributed by atoms with Gasteiger partial charge in [-0.15, -0.1) is 0 Å². The third-order valence-electron chi connectivity index (χ3n) is 4.89. The van der Waals surface area contributed by atoms with Crippen LogP contribution in [0.1, 0.15) is 44.9 Å². The highest BCUT2D eigenvalue weighted by Gasteiger charge is 2.27. The van der Waals surface area contributed by atoms with E-state index in [0.29, 0.717) is 6.04 Å². The molecule has 2 aliphatic rings. The fourth-order valence-electron chi connectivity index (χ4n) is 3.72. The van der Waals surface area contributed by atoms with E-state index in [0.717, 1.165) is 31.6 Å². The predicted octanol–water partition coefficient (Wildman–Crippen LogP) is 2.25. The van der Waals surface area contributed by atoms with E-state index in [9.17, 15) is 0 Å². The number of likely N-dealkylation sites (N-methyl/N-ethyl adjacent to an activating group) is 1. The third kappa shape index (κ3) is 3.94. The van der Waals surface area contributed by atoms with Crippen molar-refractivity contribution >= 4 is 0 Å². The van der Waals surface area contributed by atoms with Crippen LogP contribution in [0.15, 0.2) is 0 Å². The Bertz CT molecular complexity index is 223. The van der Waals surface area contributed by atoms with Crippen molar-refractivity contribution in [3.05, 3.63) is 0 Å². The van der Waals surface area contributed by atoms with E-state index in [1.165, 1.54) is 51.5 Å². The highest BCUT2D eigenvalue weighted by Crippen LogP contribution is 2.29. The summed E-state index contributed by atoms with van der Waals surface area (Å²) in [6, 6.07) is 0.605. The van der Waals surface area contributed by atoms with Gasteiger partial charge in [0.2, 0.25) is 0 Å². The highest BCUT2D eigenvalue weighted by atomic mass is 16.5. The summed E-state index contributed by atoms with van der Waals surface area (Å²) in [7, 11) is 2.28. The zero-order valence-electron chi connectivity index (χ0n) is 11.9. The molecular weight excluding hydrogens is 224 g/mol. The Labute approximate surface area is 112 Å². The van der Waals surface area contributed by atoms with Crippen LogP contribution in [-0.2, 0) is 4.74 Å². The van der Waals surface area contributed by atoms with E-state index < -0.39 is 0 Å². The Morgan fingerprint density at radius 2 is 1.78 bits per heavy atom. The van der Waals surface area contributed by atoms with Gasteiger partial charge < -0.3 is 15.4 Å². The van der Waals surface area contributed by atoms with Crippen molar-refractivity contribution in [3.63, 3.8) is 0 Å². The van der Waals surface area contributed by atoms with Gasteiger partial charge in [0.15, 0.2) is 0 Å². The van der Waals surface area contributed by atoms with E-state index >= 15 is 0 Å². The van der Waals surface area contributed by atoms with Gasteiger partial charge in [-0.3, -0.25) is 0 Å². The van der Waals surface area contributed by atoms with Gasteiger partial charge in [-0.25, -0.2) is 0 Å². The molecule has 1 atom stereocenters. The quantitative estimate of drug-likeness (QED) is 0.818. The lowest BCUT2D eigenvalue weighted by atomic mass is 9.83. The van der Waals surface area contributed by atoms with Crippen LogP contribution in [-0.4, -0.2) is 44.3 Å². The molecule has 0 amide bonds. The van der Waals surface area contributed by atoms with Gasteiger partial charge in [-0.2, -0.15) is 0 Å². The zero-order valence-corrected chi connectivity index (χ0v) is 11.9. The normalized spacial score (nSPS) is 25.5. The largest absolute Gasteiger partial charge is 0.381 e. The van der Waals surface area contributed by atoms with Crippen LogP contribution in [0.3, 0.4) is 0 Å². The van der Waals surface area contributed by atoms with Crippen LogP contribution < -0.4 is 5.73 Å². The molecule has 0 aromatic heterocycles. The standard InChI is InChI=1S/C15H30N2O/c1-17(12-13-7-9-18-10-8-13)15(11-16)14-5-3-2-4-6-14/h13-15H,2-12,16H2,1H3. The van der Waals surface area contributed by atoms with Gasteiger partial charge >= 0.3 is 0 Å². The Balaban J connectivity index is 1.81. The van der Waals surface area contributed by atoms with Crippen LogP contribution >= 0.6 is 0 Å². The molecule has 1 saturated heterocycles. The predicted molar refractivity (Wildman–Crippen MR) is 75.6 cm³/mol. The van der Waals surface area contributed by atoms with Crippen molar-refractivity contribution in [2.75, 3.05) is 33.4 Å². The summed E-state index contributed by atoms with van der Waals surface area (Å²) < 4.78 is 5.44. The number of rotatable bonds is 5. The van der Waals surface area contributed by atoms with E-state index in [1.54, 1.807) is 0 Å². The molecule has 1 heterocycles. The van der Waals surface area contributed by atoms with Crippen molar-refractivity contribution in [2.45, 2.75) is 51.0 Å². The van der Waals surface area contributed by atoms with Crippen LogP contribution in [0.5, 0.6) is 0 Å². The fourth-order valence-corrected chi connectivity index (χ4v) is 3.72. The van der Waals surface area contributed by atoms with E-state index in [2.05, 4.69) is 11.9 Å². The highest BCUT2D eigenvalue weighted by molar-refractivity contribution is 4.82. The molecule has 3 nitrogen and oxygen atoms in total. The number of hydrogen-bond acceptors (Lipinski definition) is 3. The molecule has 1 unspecified atom stereocenters. The van der Waals surface area contributed by atoms with Crippen LogP contribution in [0.25, 0.3) is 0 Å². The number of nitrogens with two attached hydrogens (primary N) is 1. The number of hydrogen-bond donors (Lipinski definition) is 1. The molecule has 18 heavy (non-hydrogen) atoms. The van der Waals surface area contributed by atoms with Gasteiger partial charge in [0, 0.05) is 32.3 Å². The molecule has 1 aliphatic heterocycles. The fraction of sp³-hybridized carbons (Fsp3) is 1.00. The molecule has 0 bridgehead atoms. The van der Waals surface area contributed by atoms with E-state index in [1.807, 2.05) is 0 Å². The third-order valence-corrected chi connectivity index (χ3v) is 4.89. The Morgan fingerprint density at radius 3 is 2.39 bits per heavy atom. The summed E-state index contributed by atoms with van der Waals surface area (Å²) in [6.07, 6.45) is 9.48.